The number of carbonyl (C=O) groups is 1. The predicted molar refractivity (Wildman–Crippen MR) is 74.0 cm³/mol. The molecule has 0 bridgehead atoms. The average Bonchev–Trinajstić information content (AvgIpc) is 2.68. The van der Waals surface area contributed by atoms with Crippen molar-refractivity contribution in [3.05, 3.63) is 29.1 Å². The summed E-state index contributed by atoms with van der Waals surface area (Å²) in [6, 6.07) is 4.13. The third-order valence-corrected chi connectivity index (χ3v) is 4.11. The molecule has 0 fully saturated rings. The van der Waals surface area contributed by atoms with Crippen LogP contribution in [0.5, 0.6) is 0 Å². The normalized spacial score (nSPS) is 12.8. The summed E-state index contributed by atoms with van der Waals surface area (Å²) in [5.41, 5.74) is 4.39. The summed E-state index contributed by atoms with van der Waals surface area (Å²) in [6.45, 7) is 5.81. The summed E-state index contributed by atoms with van der Waals surface area (Å²) in [6.07, 6.45) is 0. The molecule has 1 heterocycles. The van der Waals surface area contributed by atoms with E-state index in [2.05, 4.69) is 35.9 Å². The molecule has 5 heteroatoms. The molecule has 0 amide bonds. The van der Waals surface area contributed by atoms with E-state index in [1.807, 2.05) is 0 Å². The number of nitrogens with one attached hydrogen (secondary N) is 1. The fourth-order valence-electron chi connectivity index (χ4n) is 1.67. The standard InChI is InChI=1S/C13H16N2O2S/c1-7-4-10-11(5-8(7)2)15-12(14-10)6-18-9(3)13(16)17/h4-5,9H,6H2,1-3H3,(H,14,15)(H,16,17). The van der Waals surface area contributed by atoms with Crippen molar-refractivity contribution in [2.45, 2.75) is 31.8 Å². The largest absolute Gasteiger partial charge is 0.480 e. The highest BCUT2D eigenvalue weighted by Gasteiger charge is 2.12. The summed E-state index contributed by atoms with van der Waals surface area (Å²) >= 11 is 1.37. The van der Waals surface area contributed by atoms with Gasteiger partial charge in [-0.2, -0.15) is 0 Å². The van der Waals surface area contributed by atoms with Crippen LogP contribution in [-0.4, -0.2) is 26.3 Å². The molecular weight excluding hydrogens is 248 g/mol. The van der Waals surface area contributed by atoms with Gasteiger partial charge >= 0.3 is 5.97 Å². The first kappa shape index (κ1) is 13.0. The van der Waals surface area contributed by atoms with Crippen molar-refractivity contribution in [2.75, 3.05) is 0 Å². The SMILES string of the molecule is Cc1cc2nc(CSC(C)C(=O)O)[nH]c2cc1C. The number of aryl methyl sites for hydroxylation is 2. The van der Waals surface area contributed by atoms with Crippen LogP contribution in [0.15, 0.2) is 12.1 Å². The molecule has 2 N–H and O–H groups in total. The van der Waals surface area contributed by atoms with Gasteiger partial charge in [-0.1, -0.05) is 0 Å². The number of H-pyrrole nitrogens is 1. The smallest absolute Gasteiger partial charge is 0.316 e. The topological polar surface area (TPSA) is 66.0 Å². The summed E-state index contributed by atoms with van der Waals surface area (Å²) in [5.74, 6) is 0.621. The van der Waals surface area contributed by atoms with Gasteiger partial charge in [0, 0.05) is 0 Å². The van der Waals surface area contributed by atoms with Crippen LogP contribution in [0.25, 0.3) is 11.0 Å². The van der Waals surface area contributed by atoms with E-state index in [1.54, 1.807) is 6.92 Å². The van der Waals surface area contributed by atoms with Crippen molar-refractivity contribution >= 4 is 28.8 Å². The van der Waals surface area contributed by atoms with Gasteiger partial charge in [-0.25, -0.2) is 4.98 Å². The maximum atomic E-state index is 10.7. The van der Waals surface area contributed by atoms with Gasteiger partial charge in [0.05, 0.1) is 22.0 Å². The maximum Gasteiger partial charge on any atom is 0.316 e. The van der Waals surface area contributed by atoms with Crippen molar-refractivity contribution in [2.24, 2.45) is 0 Å². The van der Waals surface area contributed by atoms with Crippen LogP contribution < -0.4 is 0 Å². The van der Waals surface area contributed by atoms with E-state index in [0.29, 0.717) is 5.75 Å². The van der Waals surface area contributed by atoms with Crippen LogP contribution in [0.4, 0.5) is 0 Å². The first-order valence-electron chi connectivity index (χ1n) is 5.77. The molecule has 18 heavy (non-hydrogen) atoms. The first-order chi connectivity index (χ1) is 8.47. The molecular formula is C13H16N2O2S. The van der Waals surface area contributed by atoms with Crippen molar-refractivity contribution in [1.29, 1.82) is 0 Å². The van der Waals surface area contributed by atoms with Crippen LogP contribution >= 0.6 is 11.8 Å². The molecule has 96 valence electrons. The lowest BCUT2D eigenvalue weighted by Gasteiger charge is -2.02. The molecule has 0 aliphatic rings. The zero-order valence-electron chi connectivity index (χ0n) is 10.7. The Kier molecular flexibility index (Phi) is 3.61. The number of aliphatic carboxylic acids is 1. The van der Waals surface area contributed by atoms with Crippen molar-refractivity contribution in [1.82, 2.24) is 9.97 Å². The minimum Gasteiger partial charge on any atom is -0.480 e. The van der Waals surface area contributed by atoms with Gasteiger partial charge in [0.1, 0.15) is 5.82 Å². The number of benzene rings is 1. The van der Waals surface area contributed by atoms with Crippen LogP contribution in [0, 0.1) is 13.8 Å². The highest BCUT2D eigenvalue weighted by atomic mass is 32.2. The number of rotatable bonds is 4. The molecule has 0 aliphatic heterocycles. The number of carboxylic acids is 1. The summed E-state index contributed by atoms with van der Waals surface area (Å²) in [7, 11) is 0. The molecule has 2 rings (SSSR count). The molecule has 0 saturated heterocycles. The van der Waals surface area contributed by atoms with Crippen LogP contribution in [-0.2, 0) is 10.5 Å². The third-order valence-electron chi connectivity index (χ3n) is 2.96. The van der Waals surface area contributed by atoms with Crippen LogP contribution in [0.1, 0.15) is 23.9 Å². The molecule has 0 saturated carbocycles. The van der Waals surface area contributed by atoms with E-state index in [-0.39, 0.29) is 0 Å². The van der Waals surface area contributed by atoms with E-state index in [0.717, 1.165) is 16.9 Å². The Morgan fingerprint density at radius 1 is 1.44 bits per heavy atom. The lowest BCUT2D eigenvalue weighted by Crippen LogP contribution is -2.11. The summed E-state index contributed by atoms with van der Waals surface area (Å²) in [5, 5.41) is 8.41. The van der Waals surface area contributed by atoms with Gasteiger partial charge in [0.25, 0.3) is 0 Å². The minimum atomic E-state index is -0.789. The molecule has 4 nitrogen and oxygen atoms in total. The molecule has 0 spiro atoms. The molecule has 1 aromatic heterocycles. The van der Waals surface area contributed by atoms with E-state index in [9.17, 15) is 4.79 Å². The van der Waals surface area contributed by atoms with E-state index in [4.69, 9.17) is 5.11 Å². The number of hydrogen-bond donors (Lipinski definition) is 2. The number of carboxylic acid groups (broad SMARTS) is 1. The number of aromatic amines is 1. The second-order valence-corrected chi connectivity index (χ2v) is 5.76. The van der Waals surface area contributed by atoms with Gasteiger partial charge in [0.15, 0.2) is 0 Å². The maximum absolute atomic E-state index is 10.7. The van der Waals surface area contributed by atoms with Crippen molar-refractivity contribution < 1.29 is 9.90 Å². The second-order valence-electron chi connectivity index (χ2n) is 4.43. The Bertz CT molecular complexity index is 553. The van der Waals surface area contributed by atoms with Gasteiger partial charge in [-0.3, -0.25) is 4.79 Å². The van der Waals surface area contributed by atoms with Gasteiger partial charge in [-0.05, 0) is 44.0 Å². The average molecular weight is 264 g/mol. The first-order valence-corrected chi connectivity index (χ1v) is 6.82. The third kappa shape index (κ3) is 2.67. The lowest BCUT2D eigenvalue weighted by molar-refractivity contribution is -0.136. The second kappa shape index (κ2) is 5.02. The van der Waals surface area contributed by atoms with E-state index < -0.39 is 11.2 Å². The number of nitrogens with zero attached hydrogens (tertiary/aromatic N) is 1. The number of thioether (sulfide) groups is 1. The molecule has 1 unspecified atom stereocenters. The highest BCUT2D eigenvalue weighted by Crippen LogP contribution is 2.21. The summed E-state index contributed by atoms with van der Waals surface area (Å²) in [4.78, 5) is 18.4. The van der Waals surface area contributed by atoms with Gasteiger partial charge < -0.3 is 10.1 Å². The van der Waals surface area contributed by atoms with Gasteiger partial charge in [0.2, 0.25) is 0 Å². The van der Waals surface area contributed by atoms with Crippen LogP contribution in [0.3, 0.4) is 0 Å². The minimum absolute atomic E-state index is 0.415. The fraction of sp³-hybridized carbons (Fsp3) is 0.385. The van der Waals surface area contributed by atoms with Crippen molar-refractivity contribution in [3.63, 3.8) is 0 Å². The Labute approximate surface area is 110 Å². The Morgan fingerprint density at radius 3 is 2.78 bits per heavy atom. The molecule has 2 aromatic rings. The number of hydrogen-bond acceptors (Lipinski definition) is 3. The Hall–Kier alpha value is -1.49. The zero-order chi connectivity index (χ0) is 13.3. The molecule has 1 atom stereocenters. The lowest BCUT2D eigenvalue weighted by atomic mass is 10.1. The highest BCUT2D eigenvalue weighted by molar-refractivity contribution is 7.99. The monoisotopic (exact) mass is 264 g/mol. The van der Waals surface area contributed by atoms with E-state index in [1.165, 1.54) is 22.9 Å². The predicted octanol–water partition coefficient (Wildman–Crippen LogP) is 2.89. The molecule has 1 aromatic carbocycles. The Balaban J connectivity index is 2.18. The fourth-order valence-corrected chi connectivity index (χ4v) is 2.35. The van der Waals surface area contributed by atoms with Crippen LogP contribution in [0.2, 0.25) is 0 Å². The van der Waals surface area contributed by atoms with E-state index >= 15 is 0 Å². The number of imidazole rings is 1. The molecule has 0 aliphatic carbocycles. The zero-order valence-corrected chi connectivity index (χ0v) is 11.5. The van der Waals surface area contributed by atoms with Gasteiger partial charge in [-0.15, -0.1) is 11.8 Å². The molecule has 0 radical (unpaired) electrons. The van der Waals surface area contributed by atoms with Crippen molar-refractivity contribution in [3.8, 4) is 0 Å². The Morgan fingerprint density at radius 2 is 2.11 bits per heavy atom. The number of aromatic nitrogens is 2. The summed E-state index contributed by atoms with van der Waals surface area (Å²) < 4.78 is 0. The quantitative estimate of drug-likeness (QED) is 0.891. The number of fused-ring (bicyclic) bond motifs is 1.